The third-order valence-corrected chi connectivity index (χ3v) is 2.58. The Balaban J connectivity index is 2.30. The van der Waals surface area contributed by atoms with Gasteiger partial charge in [0.15, 0.2) is 0 Å². The summed E-state index contributed by atoms with van der Waals surface area (Å²) >= 11 is 0. The highest BCUT2D eigenvalue weighted by atomic mass is 19.4. The summed E-state index contributed by atoms with van der Waals surface area (Å²) in [4.78, 5) is 0. The molecule has 2 aromatic rings. The molecule has 2 aromatic carbocycles. The third kappa shape index (κ3) is 3.37. The van der Waals surface area contributed by atoms with Crippen molar-refractivity contribution in [2.24, 2.45) is 0 Å². The molecular weight excluding hydrogens is 253 g/mol. The van der Waals surface area contributed by atoms with Crippen LogP contribution in [0.15, 0.2) is 55.1 Å². The molecule has 4 heteroatoms. The molecule has 0 radical (unpaired) electrons. The van der Waals surface area contributed by atoms with Crippen molar-refractivity contribution in [2.75, 3.05) is 0 Å². The van der Waals surface area contributed by atoms with Crippen LogP contribution in [-0.4, -0.2) is 6.36 Å². The van der Waals surface area contributed by atoms with Gasteiger partial charge in [0, 0.05) is 0 Å². The highest BCUT2D eigenvalue weighted by Gasteiger charge is 2.30. The first kappa shape index (κ1) is 13.2. The zero-order chi connectivity index (χ0) is 13.9. The van der Waals surface area contributed by atoms with Gasteiger partial charge >= 0.3 is 6.36 Å². The van der Waals surface area contributed by atoms with Crippen LogP contribution >= 0.6 is 0 Å². The van der Waals surface area contributed by atoms with E-state index in [1.807, 2.05) is 24.3 Å². The summed E-state index contributed by atoms with van der Waals surface area (Å²) in [5.41, 5.74) is 2.65. The summed E-state index contributed by atoms with van der Waals surface area (Å²) in [6.45, 7) is 3.71. The standard InChI is InChI=1S/C15H11F3O/c1-2-11-5-3-4-6-14(11)12-7-9-13(10-8-12)19-15(16,17)18/h2-10H,1H2. The zero-order valence-corrected chi connectivity index (χ0v) is 9.95. The lowest BCUT2D eigenvalue weighted by Gasteiger charge is -2.10. The van der Waals surface area contributed by atoms with Crippen LogP contribution in [0.25, 0.3) is 17.2 Å². The van der Waals surface area contributed by atoms with Gasteiger partial charge in [-0.1, -0.05) is 49.1 Å². The highest BCUT2D eigenvalue weighted by molar-refractivity contribution is 5.74. The van der Waals surface area contributed by atoms with Crippen LogP contribution in [0.1, 0.15) is 5.56 Å². The maximum atomic E-state index is 12.0. The Morgan fingerprint density at radius 2 is 1.58 bits per heavy atom. The predicted molar refractivity (Wildman–Crippen MR) is 68.7 cm³/mol. The van der Waals surface area contributed by atoms with Gasteiger partial charge in [0.25, 0.3) is 0 Å². The van der Waals surface area contributed by atoms with Crippen molar-refractivity contribution in [2.45, 2.75) is 6.36 Å². The number of halogens is 3. The minimum Gasteiger partial charge on any atom is -0.406 e. The molecule has 0 bridgehead atoms. The van der Waals surface area contributed by atoms with E-state index in [-0.39, 0.29) is 5.75 Å². The number of hydrogen-bond donors (Lipinski definition) is 0. The Labute approximate surface area is 109 Å². The highest BCUT2D eigenvalue weighted by Crippen LogP contribution is 2.28. The summed E-state index contributed by atoms with van der Waals surface area (Å²) < 4.78 is 40.0. The van der Waals surface area contributed by atoms with Crippen LogP contribution in [0, 0.1) is 0 Å². The average Bonchev–Trinajstić information content (AvgIpc) is 2.38. The fourth-order valence-electron chi connectivity index (χ4n) is 1.77. The quantitative estimate of drug-likeness (QED) is 0.766. The molecule has 0 unspecified atom stereocenters. The molecule has 0 aliphatic carbocycles. The first-order valence-corrected chi connectivity index (χ1v) is 5.57. The monoisotopic (exact) mass is 264 g/mol. The van der Waals surface area contributed by atoms with Crippen LogP contribution in [0.2, 0.25) is 0 Å². The van der Waals surface area contributed by atoms with Crippen molar-refractivity contribution in [1.82, 2.24) is 0 Å². The van der Waals surface area contributed by atoms with Gasteiger partial charge in [-0.15, -0.1) is 13.2 Å². The van der Waals surface area contributed by atoms with Crippen molar-refractivity contribution in [3.05, 3.63) is 60.7 Å². The second kappa shape index (κ2) is 5.18. The molecule has 0 aliphatic rings. The van der Waals surface area contributed by atoms with E-state index >= 15 is 0 Å². The fraction of sp³-hybridized carbons (Fsp3) is 0.0667. The van der Waals surface area contributed by atoms with E-state index in [9.17, 15) is 13.2 Å². The molecule has 0 saturated carbocycles. The van der Waals surface area contributed by atoms with E-state index in [0.29, 0.717) is 0 Å². The molecule has 98 valence electrons. The van der Waals surface area contributed by atoms with E-state index in [1.54, 1.807) is 18.2 Å². The van der Waals surface area contributed by atoms with Crippen LogP contribution in [-0.2, 0) is 0 Å². The predicted octanol–water partition coefficient (Wildman–Crippen LogP) is 4.90. The van der Waals surface area contributed by atoms with Gasteiger partial charge in [0.2, 0.25) is 0 Å². The number of alkyl halides is 3. The Morgan fingerprint density at radius 1 is 0.947 bits per heavy atom. The topological polar surface area (TPSA) is 9.23 Å². The summed E-state index contributed by atoms with van der Waals surface area (Å²) in [5.74, 6) is -0.229. The molecule has 0 saturated heterocycles. The van der Waals surface area contributed by atoms with E-state index in [4.69, 9.17) is 0 Å². The van der Waals surface area contributed by atoms with Gasteiger partial charge in [-0.2, -0.15) is 0 Å². The largest absolute Gasteiger partial charge is 0.573 e. The van der Waals surface area contributed by atoms with E-state index < -0.39 is 6.36 Å². The van der Waals surface area contributed by atoms with E-state index in [0.717, 1.165) is 16.7 Å². The molecule has 0 atom stereocenters. The normalized spacial score (nSPS) is 11.1. The molecule has 19 heavy (non-hydrogen) atoms. The van der Waals surface area contributed by atoms with Crippen molar-refractivity contribution in [1.29, 1.82) is 0 Å². The third-order valence-electron chi connectivity index (χ3n) is 2.58. The lowest BCUT2D eigenvalue weighted by atomic mass is 10.00. The summed E-state index contributed by atoms with van der Waals surface area (Å²) in [6.07, 6.45) is -2.96. The first-order chi connectivity index (χ1) is 8.99. The molecular formula is C15H11F3O. The van der Waals surface area contributed by atoms with Gasteiger partial charge in [-0.05, 0) is 28.8 Å². The fourth-order valence-corrected chi connectivity index (χ4v) is 1.77. The maximum Gasteiger partial charge on any atom is 0.573 e. The number of rotatable bonds is 3. The van der Waals surface area contributed by atoms with Crippen LogP contribution in [0.4, 0.5) is 13.2 Å². The minimum atomic E-state index is -4.67. The van der Waals surface area contributed by atoms with E-state index in [1.165, 1.54) is 12.1 Å². The SMILES string of the molecule is C=Cc1ccccc1-c1ccc(OC(F)(F)F)cc1. The molecule has 0 fully saturated rings. The molecule has 0 N–H and O–H groups in total. The summed E-state index contributed by atoms with van der Waals surface area (Å²) in [7, 11) is 0. The molecule has 0 aromatic heterocycles. The Hall–Kier alpha value is -2.23. The Morgan fingerprint density at radius 3 is 2.16 bits per heavy atom. The summed E-state index contributed by atoms with van der Waals surface area (Å²) in [5, 5.41) is 0. The molecule has 2 rings (SSSR count). The number of ether oxygens (including phenoxy) is 1. The van der Waals surface area contributed by atoms with Crippen molar-refractivity contribution < 1.29 is 17.9 Å². The van der Waals surface area contributed by atoms with Gasteiger partial charge in [0.05, 0.1) is 0 Å². The van der Waals surface area contributed by atoms with Gasteiger partial charge in [-0.25, -0.2) is 0 Å². The Bertz CT molecular complexity index is 571. The lowest BCUT2D eigenvalue weighted by molar-refractivity contribution is -0.274. The minimum absolute atomic E-state index is 0.229. The zero-order valence-electron chi connectivity index (χ0n) is 9.95. The van der Waals surface area contributed by atoms with Gasteiger partial charge in [0.1, 0.15) is 5.75 Å². The first-order valence-electron chi connectivity index (χ1n) is 5.57. The average molecular weight is 264 g/mol. The smallest absolute Gasteiger partial charge is 0.406 e. The molecule has 0 spiro atoms. The maximum absolute atomic E-state index is 12.0. The Kier molecular flexibility index (Phi) is 3.60. The van der Waals surface area contributed by atoms with Crippen molar-refractivity contribution in [3.8, 4) is 16.9 Å². The van der Waals surface area contributed by atoms with Crippen molar-refractivity contribution >= 4 is 6.08 Å². The molecule has 0 heterocycles. The van der Waals surface area contributed by atoms with E-state index in [2.05, 4.69) is 11.3 Å². The van der Waals surface area contributed by atoms with Crippen LogP contribution in [0.3, 0.4) is 0 Å². The molecule has 0 aliphatic heterocycles. The number of benzene rings is 2. The summed E-state index contributed by atoms with van der Waals surface area (Å²) in [6, 6.07) is 13.3. The molecule has 0 amide bonds. The molecule has 1 nitrogen and oxygen atoms in total. The second-order valence-electron chi connectivity index (χ2n) is 3.86. The van der Waals surface area contributed by atoms with Crippen LogP contribution in [0.5, 0.6) is 5.75 Å². The van der Waals surface area contributed by atoms with Gasteiger partial charge in [-0.3, -0.25) is 0 Å². The lowest BCUT2D eigenvalue weighted by Crippen LogP contribution is -2.16. The number of hydrogen-bond acceptors (Lipinski definition) is 1. The second-order valence-corrected chi connectivity index (χ2v) is 3.86. The van der Waals surface area contributed by atoms with Crippen molar-refractivity contribution in [3.63, 3.8) is 0 Å². The van der Waals surface area contributed by atoms with Gasteiger partial charge < -0.3 is 4.74 Å². The van der Waals surface area contributed by atoms with Crippen LogP contribution < -0.4 is 4.74 Å².